The number of aryl methyl sites for hydroxylation is 1. The molecule has 2 nitrogen and oxygen atoms in total. The van der Waals surface area contributed by atoms with Gasteiger partial charge in [0, 0.05) is 12.1 Å². The standard InChI is InChI=1S/C10H12N2.C3H8/c1-8-3-2-4-9(7-8)10-11-5-6-12-10;1-3-2/h2-4,7H,5-6H2,1H3,(H,11,12);3H2,1-2H3. The Morgan fingerprint density at radius 2 is 2.07 bits per heavy atom. The molecule has 0 radical (unpaired) electrons. The molecule has 0 fully saturated rings. The lowest BCUT2D eigenvalue weighted by molar-refractivity contribution is 0.960. The van der Waals surface area contributed by atoms with Crippen molar-refractivity contribution in [2.75, 3.05) is 13.1 Å². The lowest BCUT2D eigenvalue weighted by atomic mass is 10.1. The fourth-order valence-corrected chi connectivity index (χ4v) is 1.38. The molecule has 0 saturated heterocycles. The van der Waals surface area contributed by atoms with Crippen molar-refractivity contribution in [3.8, 4) is 0 Å². The Labute approximate surface area is 92.4 Å². The normalized spacial score (nSPS) is 13.7. The molecule has 1 aromatic rings. The zero-order valence-electron chi connectivity index (χ0n) is 9.88. The molecule has 2 rings (SSSR count). The second-order valence-corrected chi connectivity index (χ2v) is 3.73. The molecule has 1 aliphatic rings. The molecule has 1 N–H and O–H groups in total. The first kappa shape index (κ1) is 11.8. The van der Waals surface area contributed by atoms with Crippen molar-refractivity contribution >= 4 is 5.84 Å². The highest BCUT2D eigenvalue weighted by molar-refractivity contribution is 5.99. The predicted octanol–water partition coefficient (Wildman–Crippen LogP) is 2.76. The second-order valence-electron chi connectivity index (χ2n) is 3.73. The van der Waals surface area contributed by atoms with Crippen LogP contribution in [0.1, 0.15) is 31.4 Å². The fourth-order valence-electron chi connectivity index (χ4n) is 1.38. The van der Waals surface area contributed by atoms with Gasteiger partial charge < -0.3 is 5.32 Å². The molecular weight excluding hydrogens is 184 g/mol. The van der Waals surface area contributed by atoms with E-state index in [1.165, 1.54) is 17.5 Å². The average Bonchev–Trinajstić information content (AvgIpc) is 2.71. The maximum Gasteiger partial charge on any atom is 0.128 e. The van der Waals surface area contributed by atoms with Crippen molar-refractivity contribution in [3.63, 3.8) is 0 Å². The van der Waals surface area contributed by atoms with Gasteiger partial charge in [0.05, 0.1) is 6.54 Å². The summed E-state index contributed by atoms with van der Waals surface area (Å²) < 4.78 is 0. The summed E-state index contributed by atoms with van der Waals surface area (Å²) >= 11 is 0. The van der Waals surface area contributed by atoms with Crippen molar-refractivity contribution in [2.24, 2.45) is 4.99 Å². The maximum atomic E-state index is 4.35. The summed E-state index contributed by atoms with van der Waals surface area (Å²) in [4.78, 5) is 4.35. The van der Waals surface area contributed by atoms with Crippen LogP contribution in [0, 0.1) is 6.92 Å². The summed E-state index contributed by atoms with van der Waals surface area (Å²) in [6, 6.07) is 8.40. The molecule has 1 aromatic carbocycles. The molecule has 0 amide bonds. The van der Waals surface area contributed by atoms with E-state index in [9.17, 15) is 0 Å². The van der Waals surface area contributed by atoms with Crippen molar-refractivity contribution in [3.05, 3.63) is 35.4 Å². The Morgan fingerprint density at radius 1 is 1.33 bits per heavy atom. The number of nitrogens with one attached hydrogen (secondary N) is 1. The van der Waals surface area contributed by atoms with E-state index in [2.05, 4.69) is 55.3 Å². The lowest BCUT2D eigenvalue weighted by Crippen LogP contribution is -2.19. The molecular formula is C13H20N2. The third-order valence-corrected chi connectivity index (χ3v) is 1.97. The summed E-state index contributed by atoms with van der Waals surface area (Å²) in [5.41, 5.74) is 2.48. The molecule has 1 aliphatic heterocycles. The van der Waals surface area contributed by atoms with E-state index in [1.54, 1.807) is 0 Å². The molecule has 0 aliphatic carbocycles. The summed E-state index contributed by atoms with van der Waals surface area (Å²) in [6.07, 6.45) is 1.25. The summed E-state index contributed by atoms with van der Waals surface area (Å²) in [5.74, 6) is 1.04. The zero-order chi connectivity index (χ0) is 11.1. The van der Waals surface area contributed by atoms with Crippen molar-refractivity contribution in [2.45, 2.75) is 27.2 Å². The van der Waals surface area contributed by atoms with Crippen LogP contribution < -0.4 is 5.32 Å². The Balaban J connectivity index is 0.000000337. The van der Waals surface area contributed by atoms with Crippen molar-refractivity contribution in [1.82, 2.24) is 5.32 Å². The Hall–Kier alpha value is -1.31. The number of hydrogen-bond donors (Lipinski definition) is 1. The summed E-state index contributed by atoms with van der Waals surface area (Å²) in [5, 5.41) is 3.25. The predicted molar refractivity (Wildman–Crippen MR) is 66.6 cm³/mol. The number of hydrogen-bond acceptors (Lipinski definition) is 2. The quantitative estimate of drug-likeness (QED) is 0.747. The van der Waals surface area contributed by atoms with E-state index < -0.39 is 0 Å². The van der Waals surface area contributed by atoms with Gasteiger partial charge in [-0.05, 0) is 13.0 Å². The number of aliphatic imine (C=N–C) groups is 1. The molecule has 1 heterocycles. The number of benzene rings is 1. The third kappa shape index (κ3) is 3.74. The molecule has 0 unspecified atom stereocenters. The lowest BCUT2D eigenvalue weighted by Gasteiger charge is -2.02. The molecule has 0 atom stereocenters. The van der Waals surface area contributed by atoms with Crippen LogP contribution >= 0.6 is 0 Å². The van der Waals surface area contributed by atoms with Gasteiger partial charge in [0.25, 0.3) is 0 Å². The van der Waals surface area contributed by atoms with Crippen molar-refractivity contribution in [1.29, 1.82) is 0 Å². The highest BCUT2D eigenvalue weighted by Crippen LogP contribution is 2.05. The van der Waals surface area contributed by atoms with Gasteiger partial charge in [-0.15, -0.1) is 0 Å². The first-order valence-corrected chi connectivity index (χ1v) is 5.63. The summed E-state index contributed by atoms with van der Waals surface area (Å²) in [6.45, 7) is 8.23. The number of nitrogens with zero attached hydrogens (tertiary/aromatic N) is 1. The van der Waals surface area contributed by atoms with E-state index in [-0.39, 0.29) is 0 Å². The van der Waals surface area contributed by atoms with Crippen LogP contribution in [0.4, 0.5) is 0 Å². The van der Waals surface area contributed by atoms with E-state index in [0.29, 0.717) is 0 Å². The third-order valence-electron chi connectivity index (χ3n) is 1.97. The van der Waals surface area contributed by atoms with E-state index >= 15 is 0 Å². The topological polar surface area (TPSA) is 24.4 Å². The molecule has 0 saturated carbocycles. The highest BCUT2D eigenvalue weighted by Gasteiger charge is 2.06. The van der Waals surface area contributed by atoms with Crippen LogP contribution in [0.15, 0.2) is 29.3 Å². The van der Waals surface area contributed by atoms with Gasteiger partial charge in [-0.3, -0.25) is 4.99 Å². The molecule has 0 spiro atoms. The minimum Gasteiger partial charge on any atom is -0.368 e. The largest absolute Gasteiger partial charge is 0.368 e. The summed E-state index contributed by atoms with van der Waals surface area (Å²) in [7, 11) is 0. The van der Waals surface area contributed by atoms with Crippen LogP contribution in [0.25, 0.3) is 0 Å². The second kappa shape index (κ2) is 6.23. The van der Waals surface area contributed by atoms with E-state index in [4.69, 9.17) is 0 Å². The maximum absolute atomic E-state index is 4.35. The van der Waals surface area contributed by atoms with Gasteiger partial charge in [0.2, 0.25) is 0 Å². The zero-order valence-corrected chi connectivity index (χ0v) is 9.88. The van der Waals surface area contributed by atoms with Crippen molar-refractivity contribution < 1.29 is 0 Å². The highest BCUT2D eigenvalue weighted by atomic mass is 15.1. The van der Waals surface area contributed by atoms with Gasteiger partial charge >= 0.3 is 0 Å². The van der Waals surface area contributed by atoms with Gasteiger partial charge in [-0.1, -0.05) is 44.0 Å². The van der Waals surface area contributed by atoms with Gasteiger partial charge in [0.15, 0.2) is 0 Å². The average molecular weight is 204 g/mol. The van der Waals surface area contributed by atoms with E-state index in [1.807, 2.05) is 0 Å². The number of rotatable bonds is 1. The first-order valence-electron chi connectivity index (χ1n) is 5.63. The molecule has 82 valence electrons. The van der Waals surface area contributed by atoms with Crippen LogP contribution in [-0.2, 0) is 0 Å². The van der Waals surface area contributed by atoms with Crippen LogP contribution in [0.2, 0.25) is 0 Å². The van der Waals surface area contributed by atoms with Gasteiger partial charge in [-0.2, -0.15) is 0 Å². The minimum atomic E-state index is 0.906. The van der Waals surface area contributed by atoms with Crippen LogP contribution in [0.3, 0.4) is 0 Å². The van der Waals surface area contributed by atoms with Crippen LogP contribution in [0.5, 0.6) is 0 Å². The Morgan fingerprint density at radius 3 is 2.60 bits per heavy atom. The molecule has 0 bridgehead atoms. The molecule has 15 heavy (non-hydrogen) atoms. The monoisotopic (exact) mass is 204 g/mol. The van der Waals surface area contributed by atoms with Crippen LogP contribution in [-0.4, -0.2) is 18.9 Å². The van der Waals surface area contributed by atoms with Gasteiger partial charge in [-0.25, -0.2) is 0 Å². The minimum absolute atomic E-state index is 0.906. The Kier molecular flexibility index (Phi) is 4.88. The smallest absolute Gasteiger partial charge is 0.128 e. The number of amidine groups is 1. The van der Waals surface area contributed by atoms with E-state index in [0.717, 1.165) is 18.9 Å². The SMILES string of the molecule is CCC.Cc1cccc(C2=NCCN2)c1. The first-order chi connectivity index (χ1) is 7.27. The molecule has 0 aromatic heterocycles. The van der Waals surface area contributed by atoms with Gasteiger partial charge in [0.1, 0.15) is 5.84 Å². The fraction of sp³-hybridized carbons (Fsp3) is 0.462. The Bertz CT molecular complexity index is 329. The molecule has 2 heteroatoms.